The number of benzene rings is 2. The van der Waals surface area contributed by atoms with E-state index in [9.17, 15) is 20.1 Å². The average Bonchev–Trinajstić information content (AvgIpc) is 2.55. The first-order valence-electron chi connectivity index (χ1n) is 7.05. The number of carbonyl (C=O) groups is 1. The summed E-state index contributed by atoms with van der Waals surface area (Å²) in [6.45, 7) is 4.51. The number of aldehydes is 1. The molecule has 2 aromatic rings. The molecule has 0 radical (unpaired) electrons. The van der Waals surface area contributed by atoms with Crippen molar-refractivity contribution in [1.29, 1.82) is 0 Å². The van der Waals surface area contributed by atoms with E-state index in [0.29, 0.717) is 23.2 Å². The minimum Gasteiger partial charge on any atom is -0.504 e. The zero-order chi connectivity index (χ0) is 16.7. The molecule has 0 spiro atoms. The van der Waals surface area contributed by atoms with Gasteiger partial charge in [-0.1, -0.05) is 26.0 Å². The number of hydrogen-bond acceptors (Lipinski definition) is 5. The fraction of sp³-hybridized carbons (Fsp3) is 0.235. The van der Waals surface area contributed by atoms with Crippen LogP contribution in [0.1, 0.15) is 29.8 Å². The van der Waals surface area contributed by atoms with Gasteiger partial charge in [-0.2, -0.15) is 0 Å². The van der Waals surface area contributed by atoms with Gasteiger partial charge < -0.3 is 20.6 Å². The molecule has 0 aliphatic heterocycles. The molecule has 0 heterocycles. The highest BCUT2D eigenvalue weighted by molar-refractivity contribution is 5.82. The van der Waals surface area contributed by atoms with E-state index in [1.807, 2.05) is 13.8 Å². The summed E-state index contributed by atoms with van der Waals surface area (Å²) in [6.07, 6.45) is 0.768. The zero-order valence-electron chi connectivity index (χ0n) is 12.9. The lowest BCUT2D eigenvalue weighted by molar-refractivity contribution is 0.112. The van der Waals surface area contributed by atoms with Gasteiger partial charge in [-0.05, 0) is 36.4 Å². The number of phenolic OH excluding ortho intramolecular Hbond substituents is 3. The maximum atomic E-state index is 11.0. The second-order valence-corrected chi connectivity index (χ2v) is 4.39. The quantitative estimate of drug-likeness (QED) is 0.515. The lowest BCUT2D eigenvalue weighted by Crippen LogP contribution is -2.07. The summed E-state index contributed by atoms with van der Waals surface area (Å²) in [4.78, 5) is 11.0. The molecule has 0 fully saturated rings. The third-order valence-electron chi connectivity index (χ3n) is 3.08. The van der Waals surface area contributed by atoms with Crippen molar-refractivity contribution in [3.8, 4) is 28.4 Å². The van der Waals surface area contributed by atoms with Crippen LogP contribution < -0.4 is 5.32 Å². The van der Waals surface area contributed by atoms with E-state index in [2.05, 4.69) is 5.32 Å². The maximum absolute atomic E-state index is 11.0. The highest BCUT2D eigenvalue weighted by Crippen LogP contribution is 2.42. The fourth-order valence-electron chi connectivity index (χ4n) is 2.03. The molecule has 0 amide bonds. The SMILES string of the molecule is CC.CNCc1cc(-c2ccc(O)c(O)c2O)ccc1C=O. The molecule has 0 atom stereocenters. The van der Waals surface area contributed by atoms with E-state index in [0.717, 1.165) is 11.8 Å². The predicted octanol–water partition coefficient (Wildman–Crippen LogP) is 3.03. The van der Waals surface area contributed by atoms with Gasteiger partial charge in [-0.25, -0.2) is 0 Å². The molecule has 4 N–H and O–H groups in total. The van der Waals surface area contributed by atoms with E-state index in [4.69, 9.17) is 0 Å². The zero-order valence-corrected chi connectivity index (χ0v) is 12.9. The lowest BCUT2D eigenvalue weighted by atomic mass is 9.98. The molecule has 0 aliphatic rings. The summed E-state index contributed by atoms with van der Waals surface area (Å²) in [5.74, 6) is -1.33. The van der Waals surface area contributed by atoms with E-state index >= 15 is 0 Å². The van der Waals surface area contributed by atoms with Gasteiger partial charge in [0.2, 0.25) is 5.75 Å². The Labute approximate surface area is 129 Å². The Balaban J connectivity index is 0.00000116. The van der Waals surface area contributed by atoms with Crippen LogP contribution in [0, 0.1) is 0 Å². The standard InChI is InChI=1S/C15H15NO4.C2H6/c1-16-7-11-6-9(2-3-10(11)8-17)12-4-5-13(18)15(20)14(12)19;1-2/h2-6,8,16,18-20H,7H2,1H3;1-2H3. The first-order valence-corrected chi connectivity index (χ1v) is 7.05. The van der Waals surface area contributed by atoms with Gasteiger partial charge in [0, 0.05) is 17.7 Å². The van der Waals surface area contributed by atoms with Crippen molar-refractivity contribution in [3.05, 3.63) is 41.5 Å². The van der Waals surface area contributed by atoms with Crippen LogP contribution >= 0.6 is 0 Å². The minimum atomic E-state index is -0.558. The van der Waals surface area contributed by atoms with Gasteiger partial charge in [-0.3, -0.25) is 4.79 Å². The van der Waals surface area contributed by atoms with Crippen molar-refractivity contribution in [2.45, 2.75) is 20.4 Å². The molecule has 118 valence electrons. The molecule has 0 saturated carbocycles. The summed E-state index contributed by atoms with van der Waals surface area (Å²) in [6, 6.07) is 7.89. The van der Waals surface area contributed by atoms with Crippen LogP contribution in [0.25, 0.3) is 11.1 Å². The molecular weight excluding hydrogens is 282 g/mol. The first kappa shape index (κ1) is 17.5. The van der Waals surface area contributed by atoms with Crippen LogP contribution in [0.2, 0.25) is 0 Å². The Hall–Kier alpha value is -2.53. The van der Waals surface area contributed by atoms with E-state index in [1.165, 1.54) is 12.1 Å². The topological polar surface area (TPSA) is 89.8 Å². The predicted molar refractivity (Wildman–Crippen MR) is 86.4 cm³/mol. The number of rotatable bonds is 4. The van der Waals surface area contributed by atoms with Crippen LogP contribution in [-0.2, 0) is 6.54 Å². The second kappa shape index (κ2) is 8.05. The molecule has 0 bridgehead atoms. The molecule has 0 aliphatic carbocycles. The summed E-state index contributed by atoms with van der Waals surface area (Å²) in [7, 11) is 1.77. The Morgan fingerprint density at radius 2 is 1.73 bits per heavy atom. The van der Waals surface area contributed by atoms with Crippen LogP contribution in [0.4, 0.5) is 0 Å². The monoisotopic (exact) mass is 303 g/mol. The van der Waals surface area contributed by atoms with Crippen molar-refractivity contribution in [1.82, 2.24) is 5.32 Å². The van der Waals surface area contributed by atoms with Crippen LogP contribution in [0.3, 0.4) is 0 Å². The summed E-state index contributed by atoms with van der Waals surface area (Å²) in [5, 5.41) is 31.7. The Bertz CT molecular complexity index is 653. The van der Waals surface area contributed by atoms with Crippen LogP contribution in [0.15, 0.2) is 30.3 Å². The first-order chi connectivity index (χ1) is 10.6. The smallest absolute Gasteiger partial charge is 0.200 e. The molecule has 2 rings (SSSR count). The van der Waals surface area contributed by atoms with Crippen LogP contribution in [-0.4, -0.2) is 28.7 Å². The van der Waals surface area contributed by atoms with Gasteiger partial charge in [-0.15, -0.1) is 0 Å². The summed E-state index contributed by atoms with van der Waals surface area (Å²) >= 11 is 0. The molecular formula is C17H21NO4. The lowest BCUT2D eigenvalue weighted by Gasteiger charge is -2.11. The fourth-order valence-corrected chi connectivity index (χ4v) is 2.03. The largest absolute Gasteiger partial charge is 0.504 e. The molecule has 5 heteroatoms. The molecule has 22 heavy (non-hydrogen) atoms. The van der Waals surface area contributed by atoms with Crippen molar-refractivity contribution < 1.29 is 20.1 Å². The van der Waals surface area contributed by atoms with Gasteiger partial charge >= 0.3 is 0 Å². The number of aromatic hydroxyl groups is 3. The van der Waals surface area contributed by atoms with Gasteiger partial charge in [0.05, 0.1) is 0 Å². The minimum absolute atomic E-state index is 0.383. The van der Waals surface area contributed by atoms with Gasteiger partial charge in [0.1, 0.15) is 6.29 Å². The van der Waals surface area contributed by atoms with Gasteiger partial charge in [0.15, 0.2) is 11.5 Å². The van der Waals surface area contributed by atoms with Crippen molar-refractivity contribution in [2.75, 3.05) is 7.05 Å². The molecule has 0 saturated heterocycles. The summed E-state index contributed by atoms with van der Waals surface area (Å²) < 4.78 is 0. The molecule has 0 unspecified atom stereocenters. The Kier molecular flexibility index (Phi) is 6.41. The third kappa shape index (κ3) is 3.56. The Morgan fingerprint density at radius 3 is 2.32 bits per heavy atom. The second-order valence-electron chi connectivity index (χ2n) is 4.39. The maximum Gasteiger partial charge on any atom is 0.200 e. The molecule has 0 aromatic heterocycles. The molecule has 5 nitrogen and oxygen atoms in total. The van der Waals surface area contributed by atoms with E-state index in [-0.39, 0.29) is 11.5 Å². The molecule has 2 aromatic carbocycles. The number of carbonyl (C=O) groups excluding carboxylic acids is 1. The Morgan fingerprint density at radius 1 is 1.05 bits per heavy atom. The highest BCUT2D eigenvalue weighted by Gasteiger charge is 2.13. The van der Waals surface area contributed by atoms with Crippen LogP contribution in [0.5, 0.6) is 17.2 Å². The normalized spacial score (nSPS) is 9.77. The number of nitrogens with one attached hydrogen (secondary N) is 1. The number of phenols is 3. The van der Waals surface area contributed by atoms with E-state index < -0.39 is 5.75 Å². The highest BCUT2D eigenvalue weighted by atomic mass is 16.3. The van der Waals surface area contributed by atoms with Crippen molar-refractivity contribution in [3.63, 3.8) is 0 Å². The van der Waals surface area contributed by atoms with Gasteiger partial charge in [0.25, 0.3) is 0 Å². The number of hydrogen-bond donors (Lipinski definition) is 4. The summed E-state index contributed by atoms with van der Waals surface area (Å²) in [5.41, 5.74) is 2.38. The van der Waals surface area contributed by atoms with Crippen molar-refractivity contribution >= 4 is 6.29 Å². The third-order valence-corrected chi connectivity index (χ3v) is 3.08. The van der Waals surface area contributed by atoms with Crippen molar-refractivity contribution in [2.24, 2.45) is 0 Å². The van der Waals surface area contributed by atoms with E-state index in [1.54, 1.807) is 25.2 Å². The average molecular weight is 303 g/mol.